The van der Waals surface area contributed by atoms with Gasteiger partial charge in [-0.15, -0.1) is 0 Å². The largest absolute Gasteiger partial charge is 0.352 e. The molecule has 1 amide bonds. The predicted octanol–water partition coefficient (Wildman–Crippen LogP) is 1.63. The molecule has 7 nitrogen and oxygen atoms in total. The minimum atomic E-state index is -0.144. The van der Waals surface area contributed by atoms with Crippen LogP contribution in [0.3, 0.4) is 0 Å². The topological polar surface area (TPSA) is 85.8 Å². The van der Waals surface area contributed by atoms with Gasteiger partial charge in [-0.25, -0.2) is 4.98 Å². The van der Waals surface area contributed by atoms with Crippen LogP contribution in [0.2, 0.25) is 0 Å². The zero-order chi connectivity index (χ0) is 16.4. The molecule has 0 unspecified atom stereocenters. The zero-order valence-electron chi connectivity index (χ0n) is 13.9. The minimum absolute atomic E-state index is 0.0223. The number of hydrogen-bond acceptors (Lipinski definition) is 5. The fourth-order valence-corrected chi connectivity index (χ4v) is 2.67. The number of fused-ring (bicyclic) bond motifs is 1. The van der Waals surface area contributed by atoms with Gasteiger partial charge in [0.15, 0.2) is 5.82 Å². The Balaban J connectivity index is 1.48. The number of rotatable bonds is 4. The van der Waals surface area contributed by atoms with Gasteiger partial charge >= 0.3 is 0 Å². The molecule has 1 aliphatic rings. The molecule has 0 saturated carbocycles. The number of amides is 1. The number of nitrogens with one attached hydrogen (secondary N) is 1. The van der Waals surface area contributed by atoms with E-state index in [-0.39, 0.29) is 17.4 Å². The maximum atomic E-state index is 12.1. The molecular formula is C16H23N5O2. The highest BCUT2D eigenvalue weighted by Gasteiger charge is 2.22. The number of carbonyl (C=O) groups is 1. The molecule has 1 N–H and O–H groups in total. The second-order valence-corrected chi connectivity index (χ2v) is 7.06. The molecule has 7 heteroatoms. The summed E-state index contributed by atoms with van der Waals surface area (Å²) in [7, 11) is 0. The second kappa shape index (κ2) is 6.14. The molecule has 23 heavy (non-hydrogen) atoms. The molecule has 3 rings (SSSR count). The van der Waals surface area contributed by atoms with Crippen LogP contribution in [0.5, 0.6) is 0 Å². The summed E-state index contributed by atoms with van der Waals surface area (Å²) >= 11 is 0. The highest BCUT2D eigenvalue weighted by molar-refractivity contribution is 5.76. The number of aryl methyl sites for hydroxylation is 2. The Hall–Kier alpha value is -2.18. The van der Waals surface area contributed by atoms with E-state index in [4.69, 9.17) is 4.52 Å². The lowest BCUT2D eigenvalue weighted by atomic mass is 9.96. The van der Waals surface area contributed by atoms with Crippen LogP contribution < -0.4 is 5.32 Å². The third kappa shape index (κ3) is 3.78. The van der Waals surface area contributed by atoms with Crippen LogP contribution in [-0.2, 0) is 29.6 Å². The molecule has 0 spiro atoms. The van der Waals surface area contributed by atoms with E-state index in [1.165, 1.54) is 0 Å². The van der Waals surface area contributed by atoms with E-state index >= 15 is 0 Å². The maximum absolute atomic E-state index is 12.1. The second-order valence-electron chi connectivity index (χ2n) is 7.06. The quantitative estimate of drug-likeness (QED) is 0.926. The van der Waals surface area contributed by atoms with Crippen molar-refractivity contribution in [1.29, 1.82) is 0 Å². The van der Waals surface area contributed by atoms with E-state index in [9.17, 15) is 4.79 Å². The molecule has 0 radical (unpaired) electrons. The van der Waals surface area contributed by atoms with Crippen LogP contribution in [0.1, 0.15) is 51.2 Å². The molecule has 2 aromatic heterocycles. The van der Waals surface area contributed by atoms with Gasteiger partial charge in [-0.3, -0.25) is 4.79 Å². The van der Waals surface area contributed by atoms with Crippen molar-refractivity contribution in [3.8, 4) is 0 Å². The average molecular weight is 317 g/mol. The summed E-state index contributed by atoms with van der Waals surface area (Å²) in [4.78, 5) is 20.8. The molecule has 0 aromatic carbocycles. The van der Waals surface area contributed by atoms with Crippen LogP contribution in [0, 0.1) is 0 Å². The summed E-state index contributed by atoms with van der Waals surface area (Å²) in [6, 6.07) is 0.164. The number of nitrogens with zero attached hydrogens (tertiary/aromatic N) is 4. The molecule has 2 aromatic rings. The van der Waals surface area contributed by atoms with E-state index in [2.05, 4.69) is 25.0 Å². The molecule has 0 aliphatic carbocycles. The van der Waals surface area contributed by atoms with E-state index in [0.29, 0.717) is 24.6 Å². The fourth-order valence-electron chi connectivity index (χ4n) is 2.67. The molecule has 124 valence electrons. The van der Waals surface area contributed by atoms with Crippen molar-refractivity contribution < 1.29 is 9.32 Å². The highest BCUT2D eigenvalue weighted by atomic mass is 16.5. The first-order valence-electron chi connectivity index (χ1n) is 8.04. The highest BCUT2D eigenvalue weighted by Crippen LogP contribution is 2.19. The SMILES string of the molecule is CC(C)(C)c1noc(CCC(=O)N[C@@H]2CCc3nccn3C2)n1. The molecular weight excluding hydrogens is 294 g/mol. The van der Waals surface area contributed by atoms with Gasteiger partial charge in [-0.1, -0.05) is 25.9 Å². The Morgan fingerprint density at radius 1 is 1.48 bits per heavy atom. The van der Waals surface area contributed by atoms with E-state index < -0.39 is 0 Å². The van der Waals surface area contributed by atoms with Gasteiger partial charge in [0, 0.05) is 49.7 Å². The average Bonchev–Trinajstić information content (AvgIpc) is 3.13. The lowest BCUT2D eigenvalue weighted by Gasteiger charge is -2.24. The summed E-state index contributed by atoms with van der Waals surface area (Å²) < 4.78 is 7.31. The number of aromatic nitrogens is 4. The van der Waals surface area contributed by atoms with Crippen molar-refractivity contribution in [3.05, 3.63) is 29.9 Å². The standard InChI is InChI=1S/C16H23N5O2/c1-16(2,3)15-19-14(23-20-15)7-6-13(22)18-11-4-5-12-17-8-9-21(12)10-11/h8-9,11H,4-7,10H2,1-3H3,(H,18,22)/t11-/m1/s1. The van der Waals surface area contributed by atoms with Gasteiger partial charge in [0.1, 0.15) is 5.82 Å². The summed E-state index contributed by atoms with van der Waals surface area (Å²) in [5.74, 6) is 2.31. The van der Waals surface area contributed by atoms with Crippen LogP contribution in [0.4, 0.5) is 0 Å². The first-order chi connectivity index (χ1) is 10.9. The minimum Gasteiger partial charge on any atom is -0.352 e. The summed E-state index contributed by atoms with van der Waals surface area (Å²) in [5.41, 5.74) is -0.144. The molecule has 0 bridgehead atoms. The Labute approximate surface area is 135 Å². The third-order valence-corrected chi connectivity index (χ3v) is 4.01. The van der Waals surface area contributed by atoms with Crippen LogP contribution >= 0.6 is 0 Å². The number of imidazole rings is 1. The fraction of sp³-hybridized carbons (Fsp3) is 0.625. The van der Waals surface area contributed by atoms with Crippen LogP contribution in [-0.4, -0.2) is 31.6 Å². The molecule has 0 fully saturated rings. The van der Waals surface area contributed by atoms with Gasteiger partial charge in [0.05, 0.1) is 0 Å². The zero-order valence-corrected chi connectivity index (χ0v) is 13.9. The van der Waals surface area contributed by atoms with Crippen molar-refractivity contribution in [2.75, 3.05) is 0 Å². The summed E-state index contributed by atoms with van der Waals surface area (Å²) in [6.45, 7) is 6.88. The Bertz CT molecular complexity index is 683. The predicted molar refractivity (Wildman–Crippen MR) is 83.8 cm³/mol. The van der Waals surface area contributed by atoms with Crippen molar-refractivity contribution in [2.24, 2.45) is 0 Å². The Morgan fingerprint density at radius 3 is 3.04 bits per heavy atom. The van der Waals surface area contributed by atoms with E-state index in [0.717, 1.165) is 25.2 Å². The molecule has 1 aliphatic heterocycles. The van der Waals surface area contributed by atoms with E-state index in [1.807, 2.05) is 33.2 Å². The normalized spacial score (nSPS) is 17.8. The van der Waals surface area contributed by atoms with Gasteiger partial charge in [0.25, 0.3) is 0 Å². The van der Waals surface area contributed by atoms with Crippen molar-refractivity contribution in [1.82, 2.24) is 25.0 Å². The number of carbonyl (C=O) groups excluding carboxylic acids is 1. The van der Waals surface area contributed by atoms with Crippen molar-refractivity contribution >= 4 is 5.91 Å². The molecule has 0 saturated heterocycles. The molecule has 3 heterocycles. The first-order valence-corrected chi connectivity index (χ1v) is 8.04. The molecule has 1 atom stereocenters. The smallest absolute Gasteiger partial charge is 0.227 e. The Kier molecular flexibility index (Phi) is 4.19. The summed E-state index contributed by atoms with van der Waals surface area (Å²) in [6.07, 6.45) is 6.42. The maximum Gasteiger partial charge on any atom is 0.227 e. The van der Waals surface area contributed by atoms with Gasteiger partial charge < -0.3 is 14.4 Å². The van der Waals surface area contributed by atoms with E-state index in [1.54, 1.807) is 0 Å². The monoisotopic (exact) mass is 317 g/mol. The first kappa shape index (κ1) is 15.7. The van der Waals surface area contributed by atoms with Crippen molar-refractivity contribution in [2.45, 2.75) is 64.5 Å². The Morgan fingerprint density at radius 2 is 2.30 bits per heavy atom. The lowest BCUT2D eigenvalue weighted by Crippen LogP contribution is -2.41. The van der Waals surface area contributed by atoms with Crippen LogP contribution in [0.25, 0.3) is 0 Å². The van der Waals surface area contributed by atoms with Gasteiger partial charge in [-0.2, -0.15) is 4.98 Å². The third-order valence-electron chi connectivity index (χ3n) is 4.01. The van der Waals surface area contributed by atoms with Gasteiger partial charge in [0.2, 0.25) is 11.8 Å². The van der Waals surface area contributed by atoms with Crippen molar-refractivity contribution in [3.63, 3.8) is 0 Å². The number of hydrogen-bond donors (Lipinski definition) is 1. The van der Waals surface area contributed by atoms with Crippen LogP contribution in [0.15, 0.2) is 16.9 Å². The summed E-state index contributed by atoms with van der Waals surface area (Å²) in [5, 5.41) is 7.05. The van der Waals surface area contributed by atoms with Gasteiger partial charge in [-0.05, 0) is 6.42 Å². The lowest BCUT2D eigenvalue weighted by molar-refractivity contribution is -0.122.